The van der Waals surface area contributed by atoms with Crippen LogP contribution in [0.15, 0.2) is 48.5 Å². The molecule has 0 radical (unpaired) electrons. The number of hydrogen-bond acceptors (Lipinski definition) is 3. The van der Waals surface area contributed by atoms with Gasteiger partial charge in [0.1, 0.15) is 5.82 Å². The van der Waals surface area contributed by atoms with Crippen molar-refractivity contribution >= 4 is 17.9 Å². The number of likely N-dealkylation sites (tertiary alicyclic amines) is 1. The van der Waals surface area contributed by atoms with Crippen LogP contribution >= 0.6 is 0 Å². The van der Waals surface area contributed by atoms with Crippen molar-refractivity contribution in [1.82, 2.24) is 10.2 Å². The molecule has 2 amide bonds. The molecule has 1 aliphatic heterocycles. The normalized spacial score (nSPS) is 23.6. The molecule has 0 bridgehead atoms. The van der Waals surface area contributed by atoms with Crippen molar-refractivity contribution in [3.05, 3.63) is 65.5 Å². The van der Waals surface area contributed by atoms with Gasteiger partial charge in [0.2, 0.25) is 0 Å². The van der Waals surface area contributed by atoms with Gasteiger partial charge in [-0.1, -0.05) is 37.1 Å². The van der Waals surface area contributed by atoms with Gasteiger partial charge in [0.15, 0.2) is 0 Å². The Morgan fingerprint density at radius 2 is 1.91 bits per heavy atom. The Bertz CT molecular complexity index is 932. The molecule has 1 heterocycles. The zero-order chi connectivity index (χ0) is 23.0. The fraction of sp³-hybridized carbons (Fsp3) is 0.481. The fourth-order valence-corrected chi connectivity index (χ4v) is 5.43. The maximum Gasteiger partial charge on any atom is 0.319 e. The molecule has 1 saturated heterocycles. The number of rotatable bonds is 7. The largest absolute Gasteiger partial charge is 0.335 e. The van der Waals surface area contributed by atoms with Crippen LogP contribution in [0.3, 0.4) is 0 Å². The summed E-state index contributed by atoms with van der Waals surface area (Å²) in [6.07, 6.45) is 9.23. The van der Waals surface area contributed by atoms with Crippen LogP contribution < -0.4 is 10.6 Å². The quantitative estimate of drug-likeness (QED) is 0.491. The molecule has 3 atom stereocenters. The van der Waals surface area contributed by atoms with E-state index in [-0.39, 0.29) is 17.9 Å². The van der Waals surface area contributed by atoms with Crippen LogP contribution in [0.4, 0.5) is 14.9 Å². The lowest BCUT2D eigenvalue weighted by atomic mass is 9.83. The molecule has 1 aliphatic carbocycles. The highest BCUT2D eigenvalue weighted by molar-refractivity contribution is 5.90. The third-order valence-corrected chi connectivity index (χ3v) is 7.07. The van der Waals surface area contributed by atoms with Crippen LogP contribution in [0.2, 0.25) is 0 Å². The lowest BCUT2D eigenvalue weighted by Gasteiger charge is -2.39. The van der Waals surface area contributed by atoms with Crippen molar-refractivity contribution in [3.63, 3.8) is 0 Å². The van der Waals surface area contributed by atoms with Gasteiger partial charge < -0.3 is 20.9 Å². The van der Waals surface area contributed by atoms with E-state index in [1.807, 2.05) is 30.3 Å². The highest BCUT2D eigenvalue weighted by Crippen LogP contribution is 2.28. The Labute approximate surface area is 196 Å². The molecule has 5 nitrogen and oxygen atoms in total. The topological polar surface area (TPSA) is 68.2 Å². The van der Waals surface area contributed by atoms with Gasteiger partial charge in [0, 0.05) is 31.0 Å². The van der Waals surface area contributed by atoms with E-state index in [1.165, 1.54) is 31.0 Å². The first-order valence-corrected chi connectivity index (χ1v) is 12.2. The summed E-state index contributed by atoms with van der Waals surface area (Å²) in [4.78, 5) is 15.3. The molecule has 2 aromatic rings. The van der Waals surface area contributed by atoms with E-state index in [1.54, 1.807) is 18.2 Å². The third-order valence-electron chi connectivity index (χ3n) is 7.07. The van der Waals surface area contributed by atoms with E-state index in [4.69, 9.17) is 5.41 Å². The number of nitrogens with one attached hydrogen (secondary N) is 3. The molecule has 4 rings (SSSR count). The van der Waals surface area contributed by atoms with Crippen LogP contribution in [0, 0.1) is 23.1 Å². The molecule has 2 aliphatic rings. The Morgan fingerprint density at radius 3 is 2.73 bits per heavy atom. The molecule has 0 aromatic heterocycles. The predicted octanol–water partition coefficient (Wildman–Crippen LogP) is 5.46. The summed E-state index contributed by atoms with van der Waals surface area (Å²) in [5, 5.41) is 13.6. The van der Waals surface area contributed by atoms with Crippen LogP contribution in [-0.4, -0.2) is 42.8 Å². The second-order valence-electron chi connectivity index (χ2n) is 9.62. The zero-order valence-electron chi connectivity index (χ0n) is 19.2. The summed E-state index contributed by atoms with van der Waals surface area (Å²) < 4.78 is 13.2. The molecule has 6 heteroatoms. The van der Waals surface area contributed by atoms with Gasteiger partial charge in [-0.25, -0.2) is 9.18 Å². The van der Waals surface area contributed by atoms with Gasteiger partial charge in [-0.15, -0.1) is 0 Å². The highest BCUT2D eigenvalue weighted by atomic mass is 19.1. The van der Waals surface area contributed by atoms with Gasteiger partial charge >= 0.3 is 6.03 Å². The third kappa shape index (κ3) is 6.87. The standard InChI is InChI=1S/C27H35FN4O/c28-24-12-10-20(11-13-24)15-22-6-4-14-32(18-22)19-23-7-1-2-9-26(23)31-27(33)30-25-8-3-5-21(16-25)17-29/h3,5,8,10-13,16-17,22-23,26,29H,1-2,4,6-7,9,14-15,18-19H2,(H2,30,31,33)/t22-,23+,26-/m1/s1. The highest BCUT2D eigenvalue weighted by Gasteiger charge is 2.30. The average molecular weight is 451 g/mol. The van der Waals surface area contributed by atoms with Crippen LogP contribution in [0.1, 0.15) is 49.7 Å². The minimum atomic E-state index is -0.175. The summed E-state index contributed by atoms with van der Waals surface area (Å²) in [5.74, 6) is 0.886. The molecular weight excluding hydrogens is 415 g/mol. The number of benzene rings is 2. The van der Waals surface area contributed by atoms with E-state index in [0.717, 1.165) is 50.9 Å². The van der Waals surface area contributed by atoms with Gasteiger partial charge in [-0.05, 0) is 85.9 Å². The molecule has 176 valence electrons. The molecule has 0 spiro atoms. The molecule has 3 N–H and O–H groups in total. The zero-order valence-corrected chi connectivity index (χ0v) is 19.2. The van der Waals surface area contributed by atoms with Crippen molar-refractivity contribution in [1.29, 1.82) is 5.41 Å². The van der Waals surface area contributed by atoms with Gasteiger partial charge in [-0.3, -0.25) is 0 Å². The summed E-state index contributed by atoms with van der Waals surface area (Å²) in [6.45, 7) is 3.21. The molecule has 1 saturated carbocycles. The Hall–Kier alpha value is -2.73. The van der Waals surface area contributed by atoms with Crippen LogP contribution in [0.25, 0.3) is 0 Å². The summed E-state index contributed by atoms with van der Waals surface area (Å²) >= 11 is 0. The SMILES string of the molecule is N=Cc1cccc(NC(=O)N[C@@H]2CCCC[C@H]2CN2CCC[C@H](Cc3ccc(F)cc3)C2)c1. The molecule has 2 aromatic carbocycles. The number of nitrogens with zero attached hydrogens (tertiary/aromatic N) is 1. The van der Waals surface area contributed by atoms with E-state index in [9.17, 15) is 9.18 Å². The fourth-order valence-electron chi connectivity index (χ4n) is 5.43. The molecular formula is C27H35FN4O. The van der Waals surface area contributed by atoms with Gasteiger partial charge in [0.25, 0.3) is 0 Å². The minimum Gasteiger partial charge on any atom is -0.335 e. The number of hydrogen-bond donors (Lipinski definition) is 3. The average Bonchev–Trinajstić information content (AvgIpc) is 2.82. The van der Waals surface area contributed by atoms with Crippen LogP contribution in [-0.2, 0) is 6.42 Å². The maximum absolute atomic E-state index is 13.2. The lowest BCUT2D eigenvalue weighted by Crippen LogP contribution is -2.49. The summed E-state index contributed by atoms with van der Waals surface area (Å²) in [5.41, 5.74) is 2.69. The van der Waals surface area contributed by atoms with Gasteiger partial charge in [0.05, 0.1) is 0 Å². The van der Waals surface area contributed by atoms with Gasteiger partial charge in [-0.2, -0.15) is 0 Å². The first kappa shape index (κ1) is 23.4. The number of amides is 2. The molecule has 0 unspecified atom stereocenters. The number of piperidine rings is 1. The van der Waals surface area contributed by atoms with E-state index in [0.29, 0.717) is 17.5 Å². The van der Waals surface area contributed by atoms with Crippen molar-refractivity contribution < 1.29 is 9.18 Å². The number of carbonyl (C=O) groups excluding carboxylic acids is 1. The number of anilines is 1. The number of urea groups is 1. The Morgan fingerprint density at radius 1 is 1.09 bits per heavy atom. The first-order valence-electron chi connectivity index (χ1n) is 12.2. The lowest BCUT2D eigenvalue weighted by molar-refractivity contribution is 0.123. The monoisotopic (exact) mass is 450 g/mol. The second-order valence-corrected chi connectivity index (χ2v) is 9.62. The van der Waals surface area contributed by atoms with E-state index < -0.39 is 0 Å². The summed E-state index contributed by atoms with van der Waals surface area (Å²) in [6, 6.07) is 14.3. The van der Waals surface area contributed by atoms with Crippen LogP contribution in [0.5, 0.6) is 0 Å². The van der Waals surface area contributed by atoms with Crippen molar-refractivity contribution in [2.24, 2.45) is 11.8 Å². The van der Waals surface area contributed by atoms with Crippen molar-refractivity contribution in [3.8, 4) is 0 Å². The Balaban J connectivity index is 1.30. The number of halogens is 1. The Kier molecular flexibility index (Phi) is 8.10. The summed E-state index contributed by atoms with van der Waals surface area (Å²) in [7, 11) is 0. The predicted molar refractivity (Wildman–Crippen MR) is 131 cm³/mol. The first-order chi connectivity index (χ1) is 16.1. The maximum atomic E-state index is 13.2. The number of carbonyl (C=O) groups is 1. The van der Waals surface area contributed by atoms with Crippen molar-refractivity contribution in [2.75, 3.05) is 25.0 Å². The molecule has 2 fully saturated rings. The van der Waals surface area contributed by atoms with E-state index >= 15 is 0 Å². The second kappa shape index (κ2) is 11.4. The smallest absolute Gasteiger partial charge is 0.319 e. The van der Waals surface area contributed by atoms with E-state index in [2.05, 4.69) is 15.5 Å². The minimum absolute atomic E-state index is 0.165. The van der Waals surface area contributed by atoms with Crippen molar-refractivity contribution in [2.45, 2.75) is 51.0 Å². The molecule has 33 heavy (non-hydrogen) atoms.